The monoisotopic (exact) mass is 456 g/mol. The highest BCUT2D eigenvalue weighted by Crippen LogP contribution is 2.49. The van der Waals surface area contributed by atoms with Crippen LogP contribution >= 0.6 is 0 Å². The van der Waals surface area contributed by atoms with E-state index in [9.17, 15) is 0 Å². The van der Waals surface area contributed by atoms with Crippen molar-refractivity contribution in [1.29, 1.82) is 0 Å². The van der Waals surface area contributed by atoms with E-state index in [2.05, 4.69) is 47.0 Å². The molecule has 4 heterocycles. The minimum absolute atomic E-state index is 0.186. The quantitative estimate of drug-likeness (QED) is 0.427. The lowest BCUT2D eigenvalue weighted by molar-refractivity contribution is -0.212. The third-order valence-electron chi connectivity index (χ3n) is 6.52. The molecule has 34 heavy (non-hydrogen) atoms. The summed E-state index contributed by atoms with van der Waals surface area (Å²) in [6, 6.07) is 20.3. The Hall–Kier alpha value is -3.26. The van der Waals surface area contributed by atoms with E-state index >= 15 is 0 Å². The van der Waals surface area contributed by atoms with E-state index in [4.69, 9.17) is 19.2 Å². The fourth-order valence-corrected chi connectivity index (χ4v) is 5.06. The summed E-state index contributed by atoms with van der Waals surface area (Å²) in [6.07, 6.45) is 2.86. The van der Waals surface area contributed by atoms with E-state index in [0.29, 0.717) is 0 Å². The second kappa shape index (κ2) is 7.63. The fourth-order valence-electron chi connectivity index (χ4n) is 5.06. The summed E-state index contributed by atoms with van der Waals surface area (Å²) < 4.78 is 21.2. The highest BCUT2D eigenvalue weighted by atomic mass is 16.8. The summed E-state index contributed by atoms with van der Waals surface area (Å²) in [6.45, 7) is 8.00. The number of fused-ring (bicyclic) bond motifs is 2. The van der Waals surface area contributed by atoms with E-state index in [1.54, 1.807) is 6.33 Å². The van der Waals surface area contributed by atoms with Crippen molar-refractivity contribution >= 4 is 22.5 Å². The van der Waals surface area contributed by atoms with Gasteiger partial charge >= 0.3 is 0 Å². The van der Waals surface area contributed by atoms with Gasteiger partial charge in [0.1, 0.15) is 30.0 Å². The topological polar surface area (TPSA) is 70.4 Å². The molecule has 4 aromatic rings. The number of ether oxygens (including phenoxy) is 3. The summed E-state index contributed by atoms with van der Waals surface area (Å²) in [7, 11) is 0. The standard InChI is InChI=1S/C27H28N4O3/c1-26(2)22-21(32-27(3,4)33-22)25(34-26)31-15-19(17-11-7-5-8-12-17)20-23(28-16-29-24(20)31)30-18-13-9-6-10-14-18/h5-16,21-22,25H,1-4H3,(H,28,29,30)/t21-,22+,25-/m1/s1. The van der Waals surface area contributed by atoms with Gasteiger partial charge in [-0.2, -0.15) is 0 Å². The van der Waals surface area contributed by atoms with Crippen molar-refractivity contribution in [3.63, 3.8) is 0 Å². The molecule has 0 saturated carbocycles. The van der Waals surface area contributed by atoms with E-state index in [-0.39, 0.29) is 18.4 Å². The van der Waals surface area contributed by atoms with Gasteiger partial charge in [-0.15, -0.1) is 0 Å². The van der Waals surface area contributed by atoms with E-state index in [1.165, 1.54) is 0 Å². The first-order chi connectivity index (χ1) is 16.3. The van der Waals surface area contributed by atoms with Crippen LogP contribution in [0.3, 0.4) is 0 Å². The van der Waals surface area contributed by atoms with Gasteiger partial charge in [-0.3, -0.25) is 0 Å². The van der Waals surface area contributed by atoms with Gasteiger partial charge in [0.2, 0.25) is 0 Å². The van der Waals surface area contributed by atoms with Crippen LogP contribution in [0.5, 0.6) is 0 Å². The lowest BCUT2D eigenvalue weighted by Crippen LogP contribution is -2.37. The molecular formula is C27H28N4O3. The Labute approximate surface area is 198 Å². The number of nitrogens with zero attached hydrogens (tertiary/aromatic N) is 3. The summed E-state index contributed by atoms with van der Waals surface area (Å²) >= 11 is 0. The normalized spacial score (nSPS) is 24.9. The van der Waals surface area contributed by atoms with Crippen LogP contribution in [0, 0.1) is 0 Å². The molecule has 2 aromatic carbocycles. The molecule has 2 fully saturated rings. The van der Waals surface area contributed by atoms with Crippen molar-refractivity contribution in [2.24, 2.45) is 0 Å². The summed E-state index contributed by atoms with van der Waals surface area (Å²) in [5.41, 5.74) is 3.33. The van der Waals surface area contributed by atoms with Crippen LogP contribution in [0.4, 0.5) is 11.5 Å². The average molecular weight is 457 g/mol. The first-order valence-corrected chi connectivity index (χ1v) is 11.6. The minimum Gasteiger partial charge on any atom is -0.346 e. The predicted octanol–water partition coefficient (Wildman–Crippen LogP) is 5.67. The maximum absolute atomic E-state index is 6.54. The Balaban J connectivity index is 1.53. The van der Waals surface area contributed by atoms with Gasteiger partial charge in [-0.05, 0) is 45.4 Å². The van der Waals surface area contributed by atoms with Crippen LogP contribution in [0.1, 0.15) is 33.9 Å². The Morgan fingerprint density at radius 3 is 2.29 bits per heavy atom. The van der Waals surface area contributed by atoms with E-state index in [0.717, 1.165) is 33.7 Å². The zero-order valence-corrected chi connectivity index (χ0v) is 19.7. The first-order valence-electron chi connectivity index (χ1n) is 11.6. The number of hydrogen-bond donors (Lipinski definition) is 1. The van der Waals surface area contributed by atoms with Crippen molar-refractivity contribution in [2.75, 3.05) is 5.32 Å². The van der Waals surface area contributed by atoms with Gasteiger partial charge in [0.25, 0.3) is 0 Å². The molecule has 1 N–H and O–H groups in total. The maximum Gasteiger partial charge on any atom is 0.165 e. The number of benzene rings is 2. The van der Waals surface area contributed by atoms with Crippen LogP contribution in [0.2, 0.25) is 0 Å². The van der Waals surface area contributed by atoms with Crippen molar-refractivity contribution in [1.82, 2.24) is 14.5 Å². The molecule has 7 nitrogen and oxygen atoms in total. The number of nitrogens with one attached hydrogen (secondary N) is 1. The maximum atomic E-state index is 6.54. The van der Waals surface area contributed by atoms with Crippen LogP contribution < -0.4 is 5.32 Å². The van der Waals surface area contributed by atoms with Crippen molar-refractivity contribution in [3.05, 3.63) is 73.2 Å². The van der Waals surface area contributed by atoms with Gasteiger partial charge < -0.3 is 24.1 Å². The molecule has 7 heteroatoms. The molecule has 2 aliphatic heterocycles. The minimum atomic E-state index is -0.672. The third kappa shape index (κ3) is 3.48. The smallest absolute Gasteiger partial charge is 0.165 e. The highest BCUT2D eigenvalue weighted by Gasteiger charge is 2.59. The second-order valence-corrected chi connectivity index (χ2v) is 9.86. The summed E-state index contributed by atoms with van der Waals surface area (Å²) in [5, 5.41) is 4.41. The highest BCUT2D eigenvalue weighted by molar-refractivity contribution is 6.02. The summed E-state index contributed by atoms with van der Waals surface area (Å²) in [5.74, 6) is 0.0704. The molecule has 0 radical (unpaired) electrons. The van der Waals surface area contributed by atoms with Crippen LogP contribution in [0.25, 0.3) is 22.2 Å². The number of hydrogen-bond acceptors (Lipinski definition) is 6. The fraction of sp³-hybridized carbons (Fsp3) is 0.333. The lowest BCUT2D eigenvalue weighted by Gasteiger charge is -2.28. The zero-order valence-electron chi connectivity index (χ0n) is 19.7. The van der Waals surface area contributed by atoms with Crippen LogP contribution in [-0.4, -0.2) is 38.1 Å². The largest absolute Gasteiger partial charge is 0.346 e. The molecule has 2 aliphatic rings. The van der Waals surface area contributed by atoms with Gasteiger partial charge in [0, 0.05) is 17.4 Å². The van der Waals surface area contributed by atoms with Crippen LogP contribution in [-0.2, 0) is 14.2 Å². The molecule has 0 bridgehead atoms. The van der Waals surface area contributed by atoms with Gasteiger partial charge in [-0.25, -0.2) is 9.97 Å². The van der Waals surface area contributed by atoms with Crippen molar-refractivity contribution in [2.45, 2.75) is 57.5 Å². The summed E-state index contributed by atoms with van der Waals surface area (Å²) in [4.78, 5) is 9.32. The first kappa shape index (κ1) is 21.3. The van der Waals surface area contributed by atoms with E-state index in [1.807, 2.05) is 62.4 Å². The molecule has 0 amide bonds. The molecule has 2 aromatic heterocycles. The lowest BCUT2D eigenvalue weighted by atomic mass is 10.0. The predicted molar refractivity (Wildman–Crippen MR) is 131 cm³/mol. The van der Waals surface area contributed by atoms with Crippen molar-refractivity contribution in [3.8, 4) is 11.1 Å². The molecule has 0 unspecified atom stereocenters. The Bertz CT molecular complexity index is 1330. The number of aromatic nitrogens is 3. The van der Waals surface area contributed by atoms with E-state index < -0.39 is 11.4 Å². The SMILES string of the molecule is CC1(C)O[C@H]2[C@H](n3cc(-c4ccccc4)c4c(Nc5ccccc5)ncnc43)OC(C)(C)[C@H]2O1. The van der Waals surface area contributed by atoms with Gasteiger partial charge in [0.05, 0.1) is 11.0 Å². The molecule has 174 valence electrons. The van der Waals surface area contributed by atoms with Gasteiger partial charge in [-0.1, -0.05) is 48.5 Å². The zero-order chi connectivity index (χ0) is 23.5. The molecule has 6 rings (SSSR count). The van der Waals surface area contributed by atoms with Gasteiger partial charge in [0.15, 0.2) is 12.0 Å². The Morgan fingerprint density at radius 2 is 1.56 bits per heavy atom. The molecular weight excluding hydrogens is 428 g/mol. The Morgan fingerprint density at radius 1 is 0.853 bits per heavy atom. The molecule has 3 atom stereocenters. The number of rotatable bonds is 4. The van der Waals surface area contributed by atoms with Crippen molar-refractivity contribution < 1.29 is 14.2 Å². The second-order valence-electron chi connectivity index (χ2n) is 9.86. The number of para-hydroxylation sites is 1. The Kier molecular flexibility index (Phi) is 4.78. The molecule has 0 spiro atoms. The average Bonchev–Trinajstić information content (AvgIpc) is 3.44. The molecule has 2 saturated heterocycles. The third-order valence-corrected chi connectivity index (χ3v) is 6.52. The number of anilines is 2. The molecule has 0 aliphatic carbocycles. The van der Waals surface area contributed by atoms with Crippen LogP contribution in [0.15, 0.2) is 73.2 Å².